The highest BCUT2D eigenvalue weighted by Gasteiger charge is 2.19. The van der Waals surface area contributed by atoms with E-state index in [1.165, 1.54) is 5.56 Å². The molecule has 0 bridgehead atoms. The molecule has 1 amide bonds. The van der Waals surface area contributed by atoms with E-state index in [0.29, 0.717) is 12.3 Å². The fraction of sp³-hybridized carbons (Fsp3) is 0.304. The molecule has 0 N–H and O–H groups in total. The second kappa shape index (κ2) is 8.45. The maximum absolute atomic E-state index is 13.1. The quantitative estimate of drug-likeness (QED) is 0.555. The summed E-state index contributed by atoms with van der Waals surface area (Å²) < 4.78 is 11.9. The van der Waals surface area contributed by atoms with Gasteiger partial charge in [0.25, 0.3) is 5.91 Å². The molecule has 0 spiro atoms. The predicted molar refractivity (Wildman–Crippen MR) is 122 cm³/mol. The van der Waals surface area contributed by atoms with Crippen LogP contribution in [0.4, 0.5) is 5.13 Å². The van der Waals surface area contributed by atoms with E-state index in [1.807, 2.05) is 32.3 Å². The number of hydrogen-bond donors (Lipinski definition) is 0. The van der Waals surface area contributed by atoms with Gasteiger partial charge in [-0.15, -0.1) is 0 Å². The third kappa shape index (κ3) is 4.17. The van der Waals surface area contributed by atoms with Crippen LogP contribution in [0.3, 0.4) is 0 Å². The molecular weight excluding hydrogens is 398 g/mol. The number of aryl methyl sites for hydroxylation is 2. The number of ether oxygens (including phenoxy) is 2. The molecule has 0 saturated heterocycles. The maximum Gasteiger partial charge on any atom is 0.252 e. The van der Waals surface area contributed by atoms with Crippen LogP contribution < -0.4 is 14.4 Å². The molecule has 4 rings (SSSR count). The first-order chi connectivity index (χ1) is 14.4. The summed E-state index contributed by atoms with van der Waals surface area (Å²) in [5.74, 6) is 1.33. The first kappa shape index (κ1) is 20.4. The van der Waals surface area contributed by atoms with Gasteiger partial charge in [0.05, 0.1) is 10.2 Å². The molecule has 0 unspecified atom stereocenters. The molecule has 6 nitrogen and oxygen atoms in total. The molecule has 1 aromatic heterocycles. The monoisotopic (exact) mass is 423 g/mol. The van der Waals surface area contributed by atoms with Crippen LogP contribution in [0.2, 0.25) is 0 Å². The smallest absolute Gasteiger partial charge is 0.252 e. The molecular formula is C23H25N3O3S. The van der Waals surface area contributed by atoms with Crippen molar-refractivity contribution in [3.63, 3.8) is 0 Å². The zero-order valence-electron chi connectivity index (χ0n) is 17.6. The van der Waals surface area contributed by atoms with Gasteiger partial charge >= 0.3 is 0 Å². The Labute approximate surface area is 180 Å². The third-order valence-corrected chi connectivity index (χ3v) is 6.20. The van der Waals surface area contributed by atoms with Crippen molar-refractivity contribution in [2.75, 3.05) is 38.9 Å². The largest absolute Gasteiger partial charge is 0.454 e. The van der Waals surface area contributed by atoms with Gasteiger partial charge in [-0.2, -0.15) is 0 Å². The van der Waals surface area contributed by atoms with Crippen LogP contribution in [-0.4, -0.2) is 49.8 Å². The number of carbonyl (C=O) groups excluding carboxylic acids is 1. The number of anilines is 1. The normalized spacial score (nSPS) is 13.0. The van der Waals surface area contributed by atoms with Gasteiger partial charge in [0, 0.05) is 19.2 Å². The van der Waals surface area contributed by atoms with Crippen molar-refractivity contribution in [1.82, 2.24) is 9.88 Å². The van der Waals surface area contributed by atoms with Crippen molar-refractivity contribution in [3.8, 4) is 11.5 Å². The number of amides is 1. The molecule has 2 aromatic carbocycles. The van der Waals surface area contributed by atoms with E-state index in [1.54, 1.807) is 28.4 Å². The molecule has 0 radical (unpaired) electrons. The van der Waals surface area contributed by atoms with Crippen molar-refractivity contribution in [3.05, 3.63) is 53.1 Å². The number of hydrogen-bond acceptors (Lipinski definition) is 6. The molecule has 1 aliphatic rings. The maximum atomic E-state index is 13.1. The van der Waals surface area contributed by atoms with Gasteiger partial charge in [-0.25, -0.2) is 4.98 Å². The summed E-state index contributed by atoms with van der Waals surface area (Å²) in [4.78, 5) is 21.7. The standard InChI is InChI=1S/C23H25N3O3S/c1-15-5-9-20-22(16(15)2)24-23(30-20)26(12-11-25(3)4)21(27)10-7-17-6-8-18-19(13-17)29-14-28-18/h5-10,13H,11-12,14H2,1-4H3. The summed E-state index contributed by atoms with van der Waals surface area (Å²) in [6.45, 7) is 5.70. The number of aromatic nitrogens is 1. The first-order valence-corrected chi connectivity index (χ1v) is 10.6. The van der Waals surface area contributed by atoms with Crippen molar-refractivity contribution < 1.29 is 14.3 Å². The van der Waals surface area contributed by atoms with Crippen LogP contribution in [0.1, 0.15) is 16.7 Å². The van der Waals surface area contributed by atoms with Crippen LogP contribution in [0.25, 0.3) is 16.3 Å². The minimum absolute atomic E-state index is 0.0945. The van der Waals surface area contributed by atoms with E-state index >= 15 is 0 Å². The lowest BCUT2D eigenvalue weighted by molar-refractivity contribution is -0.114. The zero-order chi connectivity index (χ0) is 21.3. The summed E-state index contributed by atoms with van der Waals surface area (Å²) in [6.07, 6.45) is 3.40. The molecule has 3 aromatic rings. The lowest BCUT2D eigenvalue weighted by atomic mass is 10.1. The molecule has 7 heteroatoms. The number of thiazole rings is 1. The van der Waals surface area contributed by atoms with E-state index in [9.17, 15) is 4.79 Å². The SMILES string of the molecule is Cc1ccc2sc(N(CCN(C)C)C(=O)C=Cc3ccc4c(c3)OCO4)nc2c1C. The Morgan fingerprint density at radius 1 is 1.13 bits per heavy atom. The van der Waals surface area contributed by atoms with E-state index in [2.05, 4.69) is 30.9 Å². The van der Waals surface area contributed by atoms with Crippen molar-refractivity contribution in [2.24, 2.45) is 0 Å². The van der Waals surface area contributed by atoms with Crippen molar-refractivity contribution in [2.45, 2.75) is 13.8 Å². The summed E-state index contributed by atoms with van der Waals surface area (Å²) in [5, 5.41) is 0.723. The summed E-state index contributed by atoms with van der Waals surface area (Å²) in [5.41, 5.74) is 4.22. The van der Waals surface area contributed by atoms with Gasteiger partial charge in [0.15, 0.2) is 16.6 Å². The number of rotatable bonds is 6. The molecule has 30 heavy (non-hydrogen) atoms. The first-order valence-electron chi connectivity index (χ1n) is 9.83. The lowest BCUT2D eigenvalue weighted by Crippen LogP contribution is -2.35. The van der Waals surface area contributed by atoms with Gasteiger partial charge in [-0.3, -0.25) is 9.69 Å². The fourth-order valence-corrected chi connectivity index (χ4v) is 4.26. The number of carbonyl (C=O) groups is 1. The summed E-state index contributed by atoms with van der Waals surface area (Å²) >= 11 is 1.55. The van der Waals surface area contributed by atoms with Crippen molar-refractivity contribution in [1.29, 1.82) is 0 Å². The van der Waals surface area contributed by atoms with Crippen LogP contribution in [0.5, 0.6) is 11.5 Å². The zero-order valence-corrected chi connectivity index (χ0v) is 18.5. The Bertz CT molecular complexity index is 1120. The second-order valence-electron chi connectivity index (χ2n) is 7.59. The van der Waals surface area contributed by atoms with E-state index in [0.717, 1.165) is 38.8 Å². The molecule has 1 aliphatic heterocycles. The highest BCUT2D eigenvalue weighted by molar-refractivity contribution is 7.22. The second-order valence-corrected chi connectivity index (χ2v) is 8.60. The Hall–Kier alpha value is -2.90. The Kier molecular flexibility index (Phi) is 5.74. The van der Waals surface area contributed by atoms with E-state index in [-0.39, 0.29) is 12.7 Å². The number of benzene rings is 2. The van der Waals surface area contributed by atoms with E-state index in [4.69, 9.17) is 14.5 Å². The van der Waals surface area contributed by atoms with Crippen LogP contribution in [0.15, 0.2) is 36.4 Å². The predicted octanol–water partition coefficient (Wildman–Crippen LogP) is 4.25. The molecule has 156 valence electrons. The van der Waals surface area contributed by atoms with Crippen LogP contribution in [-0.2, 0) is 4.79 Å². The van der Waals surface area contributed by atoms with E-state index < -0.39 is 0 Å². The van der Waals surface area contributed by atoms with Gasteiger partial charge in [-0.1, -0.05) is 23.5 Å². The van der Waals surface area contributed by atoms with Gasteiger partial charge in [0.1, 0.15) is 0 Å². The number of likely N-dealkylation sites (N-methyl/N-ethyl adjacent to an activating group) is 1. The van der Waals surface area contributed by atoms with Gasteiger partial charge < -0.3 is 14.4 Å². The van der Waals surface area contributed by atoms with Gasteiger partial charge in [0.2, 0.25) is 6.79 Å². The molecule has 0 saturated carbocycles. The minimum Gasteiger partial charge on any atom is -0.454 e. The molecule has 0 aliphatic carbocycles. The Balaban J connectivity index is 1.61. The number of nitrogens with zero attached hydrogens (tertiary/aromatic N) is 3. The Morgan fingerprint density at radius 2 is 1.93 bits per heavy atom. The summed E-state index contributed by atoms with van der Waals surface area (Å²) in [7, 11) is 3.99. The molecule has 0 fully saturated rings. The van der Waals surface area contributed by atoms with Crippen LogP contribution in [0, 0.1) is 13.8 Å². The molecule has 0 atom stereocenters. The van der Waals surface area contributed by atoms with Gasteiger partial charge in [-0.05, 0) is 68.9 Å². The lowest BCUT2D eigenvalue weighted by Gasteiger charge is -2.20. The average Bonchev–Trinajstić information content (AvgIpc) is 3.36. The average molecular weight is 424 g/mol. The molecule has 2 heterocycles. The highest BCUT2D eigenvalue weighted by atomic mass is 32.1. The minimum atomic E-state index is -0.0945. The highest BCUT2D eigenvalue weighted by Crippen LogP contribution is 2.34. The Morgan fingerprint density at radius 3 is 2.73 bits per heavy atom. The van der Waals surface area contributed by atoms with Crippen molar-refractivity contribution >= 4 is 38.7 Å². The third-order valence-electron chi connectivity index (χ3n) is 5.16. The summed E-state index contributed by atoms with van der Waals surface area (Å²) in [6, 6.07) is 9.82. The van der Waals surface area contributed by atoms with Crippen LogP contribution >= 0.6 is 11.3 Å². The topological polar surface area (TPSA) is 54.9 Å². The fourth-order valence-electron chi connectivity index (χ4n) is 3.20. The number of fused-ring (bicyclic) bond motifs is 2.